The first-order valence-electron chi connectivity index (χ1n) is 8.88. The minimum absolute atomic E-state index is 0. The molecule has 1 unspecified atom stereocenters. The van der Waals surface area contributed by atoms with Crippen LogP contribution in [0.15, 0.2) is 22.5 Å². The highest BCUT2D eigenvalue weighted by molar-refractivity contribution is 14.0. The van der Waals surface area contributed by atoms with Gasteiger partial charge in [-0.05, 0) is 30.2 Å². The van der Waals surface area contributed by atoms with Gasteiger partial charge in [-0.25, -0.2) is 0 Å². The Hall–Kier alpha value is -0.380. The molecule has 0 radical (unpaired) electrons. The molecule has 5 nitrogen and oxygen atoms in total. The molecule has 0 spiro atoms. The van der Waals surface area contributed by atoms with E-state index in [1.165, 1.54) is 11.3 Å². The normalized spacial score (nSPS) is 12.5. The molecule has 7 heteroatoms. The summed E-state index contributed by atoms with van der Waals surface area (Å²) >= 11 is 1.82. The van der Waals surface area contributed by atoms with Crippen molar-refractivity contribution in [2.24, 2.45) is 10.9 Å². The van der Waals surface area contributed by atoms with Gasteiger partial charge in [-0.15, -0.1) is 35.3 Å². The van der Waals surface area contributed by atoms with Crippen molar-refractivity contribution in [3.8, 4) is 0 Å². The first kappa shape index (κ1) is 24.6. The average molecular weight is 483 g/mol. The van der Waals surface area contributed by atoms with Gasteiger partial charge in [0, 0.05) is 31.6 Å². The van der Waals surface area contributed by atoms with E-state index < -0.39 is 0 Å². The van der Waals surface area contributed by atoms with E-state index in [-0.39, 0.29) is 24.0 Å². The second-order valence-corrected chi connectivity index (χ2v) is 6.88. The van der Waals surface area contributed by atoms with Crippen LogP contribution in [0.5, 0.6) is 0 Å². The molecule has 1 rings (SSSR count). The quantitative estimate of drug-likeness (QED) is 0.195. The molecule has 0 saturated carbocycles. The van der Waals surface area contributed by atoms with Gasteiger partial charge >= 0.3 is 0 Å². The van der Waals surface area contributed by atoms with Crippen LogP contribution < -0.4 is 10.6 Å². The van der Waals surface area contributed by atoms with Crippen molar-refractivity contribution < 1.29 is 9.47 Å². The molecule has 0 bridgehead atoms. The fourth-order valence-corrected chi connectivity index (χ4v) is 3.02. The number of aliphatic imine (C=N–C) groups is 1. The number of ether oxygens (including phenoxy) is 2. The van der Waals surface area contributed by atoms with Crippen LogP contribution in [0.1, 0.15) is 31.6 Å². The molecule has 0 fully saturated rings. The number of nitrogens with one attached hydrogen (secondary N) is 2. The summed E-state index contributed by atoms with van der Waals surface area (Å²) in [5, 5.41) is 8.77. The van der Waals surface area contributed by atoms with Crippen LogP contribution in [0.2, 0.25) is 0 Å². The van der Waals surface area contributed by atoms with Gasteiger partial charge in [0.1, 0.15) is 0 Å². The molecule has 1 aromatic heterocycles. The molecule has 1 heterocycles. The third kappa shape index (κ3) is 13.5. The first-order chi connectivity index (χ1) is 11.8. The van der Waals surface area contributed by atoms with E-state index in [1.54, 1.807) is 7.05 Å². The van der Waals surface area contributed by atoms with E-state index in [2.05, 4.69) is 47.0 Å². The fourth-order valence-electron chi connectivity index (χ4n) is 2.15. The number of thiophene rings is 1. The van der Waals surface area contributed by atoms with Crippen LogP contribution in [0, 0.1) is 5.92 Å². The molecular formula is C18H34IN3O2S. The molecular weight excluding hydrogens is 449 g/mol. The fraction of sp³-hybridized carbons (Fsp3) is 0.722. The van der Waals surface area contributed by atoms with Crippen LogP contribution in [-0.4, -0.2) is 52.5 Å². The molecule has 0 aliphatic rings. The van der Waals surface area contributed by atoms with Gasteiger partial charge in [0.05, 0.1) is 19.8 Å². The van der Waals surface area contributed by atoms with Crippen molar-refractivity contribution in [1.82, 2.24) is 10.6 Å². The molecule has 146 valence electrons. The van der Waals surface area contributed by atoms with Crippen molar-refractivity contribution in [3.05, 3.63) is 22.4 Å². The molecule has 0 saturated heterocycles. The SMILES string of the molecule is CCCCOCCOCCNC(=NC)NCC(C)Cc1cccs1.I. The average Bonchev–Trinajstić information content (AvgIpc) is 3.09. The molecule has 0 aliphatic carbocycles. The highest BCUT2D eigenvalue weighted by Gasteiger charge is 2.05. The van der Waals surface area contributed by atoms with Crippen molar-refractivity contribution in [3.63, 3.8) is 0 Å². The minimum atomic E-state index is 0. The van der Waals surface area contributed by atoms with Gasteiger partial charge in [0.2, 0.25) is 0 Å². The Morgan fingerprint density at radius 2 is 1.96 bits per heavy atom. The maximum Gasteiger partial charge on any atom is 0.191 e. The number of nitrogens with zero attached hydrogens (tertiary/aromatic N) is 1. The van der Waals surface area contributed by atoms with Crippen LogP contribution in [0.25, 0.3) is 0 Å². The Kier molecular flexibility index (Phi) is 16.8. The summed E-state index contributed by atoms with van der Waals surface area (Å²) in [6.45, 7) is 8.87. The van der Waals surface area contributed by atoms with E-state index in [4.69, 9.17) is 9.47 Å². The molecule has 0 aromatic carbocycles. The highest BCUT2D eigenvalue weighted by Crippen LogP contribution is 2.13. The molecule has 1 aromatic rings. The Bertz CT molecular complexity index is 430. The van der Waals surface area contributed by atoms with Crippen molar-refractivity contribution >= 4 is 41.3 Å². The molecule has 0 amide bonds. The second kappa shape index (κ2) is 17.1. The zero-order chi connectivity index (χ0) is 17.5. The zero-order valence-electron chi connectivity index (χ0n) is 15.8. The predicted molar refractivity (Wildman–Crippen MR) is 119 cm³/mol. The maximum atomic E-state index is 5.54. The van der Waals surface area contributed by atoms with Crippen molar-refractivity contribution in [1.29, 1.82) is 0 Å². The van der Waals surface area contributed by atoms with Crippen molar-refractivity contribution in [2.45, 2.75) is 33.1 Å². The van der Waals surface area contributed by atoms with Gasteiger partial charge in [-0.2, -0.15) is 0 Å². The Balaban J connectivity index is 0.00000576. The maximum absolute atomic E-state index is 5.54. The standard InChI is InChI=1S/C18H33N3O2S.HI/c1-4-5-9-22-11-12-23-10-8-20-18(19-3)21-15-16(2)14-17-7-6-13-24-17;/h6-7,13,16H,4-5,8-12,14-15H2,1-3H3,(H2,19,20,21);1H. The Morgan fingerprint density at radius 1 is 1.20 bits per heavy atom. The summed E-state index contributed by atoms with van der Waals surface area (Å²) in [4.78, 5) is 5.67. The third-order valence-corrected chi connectivity index (χ3v) is 4.42. The largest absolute Gasteiger partial charge is 0.379 e. The number of hydrogen-bond donors (Lipinski definition) is 2. The molecule has 0 aliphatic heterocycles. The zero-order valence-corrected chi connectivity index (χ0v) is 18.9. The Labute approximate surface area is 174 Å². The lowest BCUT2D eigenvalue weighted by molar-refractivity contribution is 0.0487. The topological polar surface area (TPSA) is 54.9 Å². The summed E-state index contributed by atoms with van der Waals surface area (Å²) in [5.74, 6) is 1.40. The summed E-state index contributed by atoms with van der Waals surface area (Å²) in [6, 6.07) is 4.30. The Morgan fingerprint density at radius 3 is 2.60 bits per heavy atom. The van der Waals surface area contributed by atoms with Crippen LogP contribution in [-0.2, 0) is 15.9 Å². The number of unbranched alkanes of at least 4 members (excludes halogenated alkanes) is 1. The number of guanidine groups is 1. The third-order valence-electron chi connectivity index (χ3n) is 3.52. The first-order valence-corrected chi connectivity index (χ1v) is 9.76. The minimum Gasteiger partial charge on any atom is -0.379 e. The highest BCUT2D eigenvalue weighted by atomic mass is 127. The van der Waals surface area contributed by atoms with E-state index in [0.717, 1.165) is 38.5 Å². The summed E-state index contributed by atoms with van der Waals surface area (Å²) < 4.78 is 11.0. The smallest absolute Gasteiger partial charge is 0.191 e. The van der Waals surface area contributed by atoms with E-state index in [1.807, 2.05) is 11.3 Å². The predicted octanol–water partition coefficient (Wildman–Crippen LogP) is 3.54. The lowest BCUT2D eigenvalue weighted by Crippen LogP contribution is -2.41. The summed E-state index contributed by atoms with van der Waals surface area (Å²) in [5.41, 5.74) is 0. The van der Waals surface area contributed by atoms with Crippen LogP contribution in [0.3, 0.4) is 0 Å². The molecule has 25 heavy (non-hydrogen) atoms. The molecule has 1 atom stereocenters. The molecule has 2 N–H and O–H groups in total. The summed E-state index contributed by atoms with van der Waals surface area (Å²) in [7, 11) is 1.79. The van der Waals surface area contributed by atoms with Crippen LogP contribution in [0.4, 0.5) is 0 Å². The lowest BCUT2D eigenvalue weighted by atomic mass is 10.1. The van der Waals surface area contributed by atoms with Crippen molar-refractivity contribution in [2.75, 3.05) is 46.6 Å². The number of hydrogen-bond acceptors (Lipinski definition) is 4. The summed E-state index contributed by atoms with van der Waals surface area (Å²) in [6.07, 6.45) is 3.39. The van der Waals surface area contributed by atoms with Gasteiger partial charge in [0.15, 0.2) is 5.96 Å². The van der Waals surface area contributed by atoms with E-state index in [9.17, 15) is 0 Å². The van der Waals surface area contributed by atoms with E-state index in [0.29, 0.717) is 25.7 Å². The van der Waals surface area contributed by atoms with E-state index >= 15 is 0 Å². The monoisotopic (exact) mass is 483 g/mol. The number of rotatable bonds is 13. The van der Waals surface area contributed by atoms with Gasteiger partial charge in [0.25, 0.3) is 0 Å². The van der Waals surface area contributed by atoms with Gasteiger partial charge < -0.3 is 20.1 Å². The van der Waals surface area contributed by atoms with Crippen LogP contribution >= 0.6 is 35.3 Å². The number of halogens is 1. The lowest BCUT2D eigenvalue weighted by Gasteiger charge is -2.15. The second-order valence-electron chi connectivity index (χ2n) is 5.85. The van der Waals surface area contributed by atoms with Gasteiger partial charge in [-0.3, -0.25) is 4.99 Å². The van der Waals surface area contributed by atoms with Gasteiger partial charge in [-0.1, -0.05) is 26.3 Å².